The van der Waals surface area contributed by atoms with E-state index >= 15 is 0 Å². The van der Waals surface area contributed by atoms with Gasteiger partial charge in [-0.3, -0.25) is 4.98 Å². The molecule has 0 fully saturated rings. The molecule has 0 spiro atoms. The Balaban J connectivity index is 1.27. The molecule has 7 heteroatoms. The number of ether oxygens (including phenoxy) is 2. The van der Waals surface area contributed by atoms with Gasteiger partial charge in [0.1, 0.15) is 23.5 Å². The summed E-state index contributed by atoms with van der Waals surface area (Å²) in [5.74, 6) is 1.51. The summed E-state index contributed by atoms with van der Waals surface area (Å²) in [7, 11) is 0. The van der Waals surface area contributed by atoms with Crippen LogP contribution in [-0.2, 0) is 12.8 Å². The highest BCUT2D eigenvalue weighted by Gasteiger charge is 2.31. The van der Waals surface area contributed by atoms with Gasteiger partial charge in [-0.1, -0.05) is 6.07 Å². The van der Waals surface area contributed by atoms with Gasteiger partial charge in [-0.25, -0.2) is 15.0 Å². The van der Waals surface area contributed by atoms with Crippen molar-refractivity contribution in [3.63, 3.8) is 0 Å². The molecule has 2 unspecified atom stereocenters. The number of aromatic amines is 1. The standard InChI is InChI=1S/C20H15N5O2/c1-2-11-6-18(27-20(11)21-5-1)12-3-4-17-15(25-12)8-19(26-17)14-7-13-16(9-22-14)24-10-23-13/h1-5,7,9-10,18-19H,6,8H2,(H,23,24). The van der Waals surface area contributed by atoms with E-state index in [-0.39, 0.29) is 12.2 Å². The average Bonchev–Trinajstić information content (AvgIpc) is 3.42. The zero-order valence-corrected chi connectivity index (χ0v) is 14.3. The molecule has 0 amide bonds. The molecule has 2 aliphatic heterocycles. The van der Waals surface area contributed by atoms with E-state index in [4.69, 9.17) is 14.5 Å². The van der Waals surface area contributed by atoms with Gasteiger partial charge in [0.2, 0.25) is 5.88 Å². The van der Waals surface area contributed by atoms with Crippen LogP contribution in [0.15, 0.2) is 49.1 Å². The highest BCUT2D eigenvalue weighted by atomic mass is 16.5. The summed E-state index contributed by atoms with van der Waals surface area (Å²) in [6, 6.07) is 9.92. The Morgan fingerprint density at radius 1 is 0.963 bits per heavy atom. The Hall–Kier alpha value is -3.48. The third kappa shape index (κ3) is 2.35. The molecule has 0 saturated heterocycles. The average molecular weight is 357 g/mol. The van der Waals surface area contributed by atoms with Crippen LogP contribution in [0.25, 0.3) is 11.0 Å². The maximum absolute atomic E-state index is 6.09. The molecule has 1 N–H and O–H groups in total. The van der Waals surface area contributed by atoms with Gasteiger partial charge in [-0.2, -0.15) is 0 Å². The fourth-order valence-electron chi connectivity index (χ4n) is 3.73. The molecular formula is C20H15N5O2. The van der Waals surface area contributed by atoms with Gasteiger partial charge in [-0.15, -0.1) is 0 Å². The van der Waals surface area contributed by atoms with Crippen LogP contribution in [-0.4, -0.2) is 24.9 Å². The molecule has 0 bridgehead atoms. The molecule has 4 aromatic rings. The van der Waals surface area contributed by atoms with Gasteiger partial charge in [-0.05, 0) is 24.3 Å². The van der Waals surface area contributed by atoms with E-state index in [0.29, 0.717) is 12.3 Å². The van der Waals surface area contributed by atoms with E-state index in [1.54, 1.807) is 18.7 Å². The first-order valence-corrected chi connectivity index (χ1v) is 8.89. The van der Waals surface area contributed by atoms with Crippen LogP contribution < -0.4 is 9.47 Å². The van der Waals surface area contributed by atoms with Crippen LogP contribution in [0.1, 0.15) is 34.9 Å². The third-order valence-corrected chi connectivity index (χ3v) is 5.10. The van der Waals surface area contributed by atoms with Gasteiger partial charge < -0.3 is 14.5 Å². The second-order valence-corrected chi connectivity index (χ2v) is 6.80. The first kappa shape index (κ1) is 14.7. The number of hydrogen-bond donors (Lipinski definition) is 1. The molecule has 132 valence electrons. The smallest absolute Gasteiger partial charge is 0.217 e. The number of fused-ring (bicyclic) bond motifs is 3. The number of pyridine rings is 3. The van der Waals surface area contributed by atoms with Crippen molar-refractivity contribution in [3.05, 3.63) is 71.7 Å². The molecule has 6 heterocycles. The zero-order chi connectivity index (χ0) is 17.8. The lowest BCUT2D eigenvalue weighted by Gasteiger charge is -2.10. The predicted molar refractivity (Wildman–Crippen MR) is 96.5 cm³/mol. The minimum atomic E-state index is -0.140. The maximum atomic E-state index is 6.09. The topological polar surface area (TPSA) is 85.8 Å². The summed E-state index contributed by atoms with van der Waals surface area (Å²) in [6.07, 6.45) is 6.42. The van der Waals surface area contributed by atoms with E-state index in [0.717, 1.165) is 45.8 Å². The zero-order valence-electron chi connectivity index (χ0n) is 14.3. The van der Waals surface area contributed by atoms with Gasteiger partial charge in [0, 0.05) is 24.6 Å². The molecule has 0 radical (unpaired) electrons. The quantitative estimate of drug-likeness (QED) is 0.593. The molecule has 7 nitrogen and oxygen atoms in total. The number of nitrogens with zero attached hydrogens (tertiary/aromatic N) is 4. The van der Waals surface area contributed by atoms with Crippen LogP contribution >= 0.6 is 0 Å². The van der Waals surface area contributed by atoms with Crippen molar-refractivity contribution in [2.24, 2.45) is 0 Å². The van der Waals surface area contributed by atoms with E-state index < -0.39 is 0 Å². The molecule has 4 aromatic heterocycles. The van der Waals surface area contributed by atoms with Gasteiger partial charge >= 0.3 is 0 Å². The molecule has 2 aliphatic rings. The summed E-state index contributed by atoms with van der Waals surface area (Å²) < 4.78 is 12.1. The van der Waals surface area contributed by atoms with E-state index in [1.807, 2.05) is 30.3 Å². The van der Waals surface area contributed by atoms with Crippen LogP contribution in [0.4, 0.5) is 0 Å². The summed E-state index contributed by atoms with van der Waals surface area (Å²) in [4.78, 5) is 20.9. The number of aromatic nitrogens is 5. The summed E-state index contributed by atoms with van der Waals surface area (Å²) in [5.41, 5.74) is 5.65. The maximum Gasteiger partial charge on any atom is 0.217 e. The van der Waals surface area contributed by atoms with Gasteiger partial charge in [0.25, 0.3) is 0 Å². The predicted octanol–water partition coefficient (Wildman–Crippen LogP) is 3.10. The SMILES string of the molecule is c1cnc2c(c1)CC(c1ccc3c(n1)CC(c1cc4[nH]cnc4cn1)O3)O2. The lowest BCUT2D eigenvalue weighted by molar-refractivity contribution is 0.225. The van der Waals surface area contributed by atoms with Crippen molar-refractivity contribution < 1.29 is 9.47 Å². The van der Waals surface area contributed by atoms with Crippen LogP contribution in [0.2, 0.25) is 0 Å². The van der Waals surface area contributed by atoms with Gasteiger partial charge in [0.05, 0.1) is 35.1 Å². The second kappa shape index (κ2) is 5.51. The monoisotopic (exact) mass is 357 g/mol. The molecule has 0 aliphatic carbocycles. The van der Waals surface area contributed by atoms with Crippen molar-refractivity contribution in [3.8, 4) is 11.6 Å². The third-order valence-electron chi connectivity index (χ3n) is 5.10. The molecule has 0 aromatic carbocycles. The van der Waals surface area contributed by atoms with Crippen molar-refractivity contribution in [2.45, 2.75) is 25.0 Å². The fraction of sp³-hybridized carbons (Fsp3) is 0.200. The molecule has 2 atom stereocenters. The normalized spacial score (nSPS) is 20.1. The first-order chi connectivity index (χ1) is 13.3. The minimum Gasteiger partial charge on any atom is -0.482 e. The Kier molecular flexibility index (Phi) is 2.99. The Morgan fingerprint density at radius 2 is 1.93 bits per heavy atom. The van der Waals surface area contributed by atoms with Crippen LogP contribution in [0.5, 0.6) is 11.6 Å². The van der Waals surface area contributed by atoms with Crippen molar-refractivity contribution >= 4 is 11.0 Å². The number of nitrogens with one attached hydrogen (secondary N) is 1. The van der Waals surface area contributed by atoms with Crippen LogP contribution in [0, 0.1) is 0 Å². The second-order valence-electron chi connectivity index (χ2n) is 6.80. The lowest BCUT2D eigenvalue weighted by Crippen LogP contribution is -2.07. The van der Waals surface area contributed by atoms with E-state index in [1.165, 1.54) is 0 Å². The van der Waals surface area contributed by atoms with Crippen molar-refractivity contribution in [2.75, 3.05) is 0 Å². The largest absolute Gasteiger partial charge is 0.482 e. The highest BCUT2D eigenvalue weighted by Crippen LogP contribution is 2.39. The van der Waals surface area contributed by atoms with Gasteiger partial charge in [0.15, 0.2) is 0 Å². The molecule has 0 saturated carbocycles. The Labute approximate surface area is 154 Å². The summed E-state index contributed by atoms with van der Waals surface area (Å²) >= 11 is 0. The number of imidazole rings is 1. The summed E-state index contributed by atoms with van der Waals surface area (Å²) in [5, 5.41) is 0. The van der Waals surface area contributed by atoms with E-state index in [9.17, 15) is 0 Å². The Morgan fingerprint density at radius 3 is 2.89 bits per heavy atom. The number of hydrogen-bond acceptors (Lipinski definition) is 6. The molecule has 6 rings (SSSR count). The molecular weight excluding hydrogens is 342 g/mol. The van der Waals surface area contributed by atoms with Crippen LogP contribution in [0.3, 0.4) is 0 Å². The number of H-pyrrole nitrogens is 1. The van der Waals surface area contributed by atoms with E-state index in [2.05, 4.69) is 19.9 Å². The molecule has 27 heavy (non-hydrogen) atoms. The highest BCUT2D eigenvalue weighted by molar-refractivity contribution is 5.73. The Bertz CT molecular complexity index is 1150. The van der Waals surface area contributed by atoms with Crippen molar-refractivity contribution in [1.29, 1.82) is 0 Å². The number of rotatable bonds is 2. The van der Waals surface area contributed by atoms with Crippen molar-refractivity contribution in [1.82, 2.24) is 24.9 Å². The first-order valence-electron chi connectivity index (χ1n) is 8.89. The minimum absolute atomic E-state index is 0.0984. The fourth-order valence-corrected chi connectivity index (χ4v) is 3.73. The summed E-state index contributed by atoms with van der Waals surface area (Å²) in [6.45, 7) is 0. The lowest BCUT2D eigenvalue weighted by atomic mass is 10.1.